The minimum Gasteiger partial charge on any atom is -0.268 e. The standard InChI is InChI=1S/C10H10N4O2/c15-8-6-3-1-2-4-7(6)9(16)14(8)10-11-5-12-13-10/h5H,1-4H2,(H,11,12,13). The van der Waals surface area contributed by atoms with Gasteiger partial charge in [0, 0.05) is 11.1 Å². The monoisotopic (exact) mass is 218 g/mol. The molecule has 0 fully saturated rings. The SMILES string of the molecule is O=C1C2=C(CCCC2)C(=O)N1c1ncn[nH]1. The summed E-state index contributed by atoms with van der Waals surface area (Å²) in [6, 6.07) is 0. The lowest BCUT2D eigenvalue weighted by atomic mass is 9.93. The number of aromatic amines is 1. The van der Waals surface area contributed by atoms with Crippen LogP contribution in [0.2, 0.25) is 0 Å². The van der Waals surface area contributed by atoms with Gasteiger partial charge in [0.25, 0.3) is 11.8 Å². The quantitative estimate of drug-likeness (QED) is 0.698. The predicted molar refractivity (Wildman–Crippen MR) is 54.4 cm³/mol. The molecule has 1 aliphatic heterocycles. The molecule has 1 N–H and O–H groups in total. The van der Waals surface area contributed by atoms with Crippen LogP contribution in [0.25, 0.3) is 0 Å². The summed E-state index contributed by atoms with van der Waals surface area (Å²) in [4.78, 5) is 29.0. The topological polar surface area (TPSA) is 79.0 Å². The molecule has 1 aromatic heterocycles. The number of anilines is 1. The number of carbonyl (C=O) groups is 2. The van der Waals surface area contributed by atoms with Crippen molar-refractivity contribution in [2.24, 2.45) is 0 Å². The molecule has 0 radical (unpaired) electrons. The number of nitrogens with one attached hydrogen (secondary N) is 1. The number of nitrogens with zero attached hydrogens (tertiary/aromatic N) is 3. The van der Waals surface area contributed by atoms with Crippen LogP contribution in [0.4, 0.5) is 5.95 Å². The largest absolute Gasteiger partial charge is 0.268 e. The lowest BCUT2D eigenvalue weighted by molar-refractivity contribution is -0.120. The summed E-state index contributed by atoms with van der Waals surface area (Å²) in [5, 5.41) is 6.20. The van der Waals surface area contributed by atoms with Crippen molar-refractivity contribution >= 4 is 17.8 Å². The molecule has 6 heteroatoms. The molecule has 6 nitrogen and oxygen atoms in total. The lowest BCUT2D eigenvalue weighted by Gasteiger charge is -2.09. The Hall–Kier alpha value is -1.98. The number of imide groups is 1. The van der Waals surface area contributed by atoms with E-state index < -0.39 is 0 Å². The van der Waals surface area contributed by atoms with E-state index in [9.17, 15) is 9.59 Å². The Morgan fingerprint density at radius 3 is 2.25 bits per heavy atom. The molecule has 16 heavy (non-hydrogen) atoms. The van der Waals surface area contributed by atoms with Gasteiger partial charge in [-0.2, -0.15) is 10.1 Å². The third kappa shape index (κ3) is 1.13. The Kier molecular flexibility index (Phi) is 1.89. The number of carbonyl (C=O) groups excluding carboxylic acids is 2. The van der Waals surface area contributed by atoms with E-state index in [0.717, 1.165) is 17.7 Å². The Labute approximate surface area is 91.3 Å². The average molecular weight is 218 g/mol. The van der Waals surface area contributed by atoms with Crippen molar-refractivity contribution in [1.29, 1.82) is 0 Å². The van der Waals surface area contributed by atoms with Gasteiger partial charge in [-0.1, -0.05) is 0 Å². The van der Waals surface area contributed by atoms with Gasteiger partial charge in [0.2, 0.25) is 5.95 Å². The van der Waals surface area contributed by atoms with E-state index in [1.165, 1.54) is 6.33 Å². The molecule has 0 aromatic carbocycles. The van der Waals surface area contributed by atoms with Gasteiger partial charge in [0.15, 0.2) is 0 Å². The first-order valence-electron chi connectivity index (χ1n) is 5.25. The summed E-state index contributed by atoms with van der Waals surface area (Å²) >= 11 is 0. The van der Waals surface area contributed by atoms with Gasteiger partial charge >= 0.3 is 0 Å². The average Bonchev–Trinajstić information content (AvgIpc) is 2.89. The van der Waals surface area contributed by atoms with E-state index in [4.69, 9.17) is 0 Å². The first kappa shape index (κ1) is 9.26. The smallest absolute Gasteiger partial charge is 0.264 e. The second-order valence-electron chi connectivity index (χ2n) is 3.92. The lowest BCUT2D eigenvalue weighted by Crippen LogP contribution is -2.32. The van der Waals surface area contributed by atoms with Crippen molar-refractivity contribution in [3.63, 3.8) is 0 Å². The highest BCUT2D eigenvalue weighted by atomic mass is 16.2. The molecule has 0 bridgehead atoms. The Morgan fingerprint density at radius 1 is 1.12 bits per heavy atom. The highest BCUT2D eigenvalue weighted by Crippen LogP contribution is 2.34. The fraction of sp³-hybridized carbons (Fsp3) is 0.400. The second-order valence-corrected chi connectivity index (χ2v) is 3.92. The summed E-state index contributed by atoms with van der Waals surface area (Å²) in [6.07, 6.45) is 4.63. The Morgan fingerprint density at radius 2 is 1.75 bits per heavy atom. The minimum absolute atomic E-state index is 0.212. The Bertz CT molecular complexity index is 461. The van der Waals surface area contributed by atoms with Crippen molar-refractivity contribution in [3.8, 4) is 0 Å². The van der Waals surface area contributed by atoms with Crippen LogP contribution in [0.5, 0.6) is 0 Å². The van der Waals surface area contributed by atoms with Crippen LogP contribution in [-0.4, -0.2) is 27.0 Å². The number of H-pyrrole nitrogens is 1. The van der Waals surface area contributed by atoms with Crippen LogP contribution >= 0.6 is 0 Å². The molecule has 0 atom stereocenters. The second kappa shape index (κ2) is 3.26. The molecular formula is C10H10N4O2. The molecule has 2 aliphatic rings. The van der Waals surface area contributed by atoms with Gasteiger partial charge < -0.3 is 0 Å². The van der Waals surface area contributed by atoms with E-state index in [1.807, 2.05) is 0 Å². The van der Waals surface area contributed by atoms with Crippen molar-refractivity contribution in [3.05, 3.63) is 17.5 Å². The maximum atomic E-state index is 12.0. The molecule has 0 saturated carbocycles. The predicted octanol–water partition coefficient (Wildman–Crippen LogP) is 0.548. The first-order valence-corrected chi connectivity index (χ1v) is 5.25. The fourth-order valence-electron chi connectivity index (χ4n) is 2.24. The molecule has 0 unspecified atom stereocenters. The highest BCUT2D eigenvalue weighted by Gasteiger charge is 2.40. The molecule has 0 saturated heterocycles. The molecule has 2 heterocycles. The molecule has 0 spiro atoms. The maximum Gasteiger partial charge on any atom is 0.264 e. The van der Waals surface area contributed by atoms with E-state index in [1.54, 1.807) is 0 Å². The van der Waals surface area contributed by atoms with Crippen LogP contribution in [0.15, 0.2) is 17.5 Å². The molecule has 2 amide bonds. The van der Waals surface area contributed by atoms with Gasteiger partial charge in [-0.25, -0.2) is 10.00 Å². The molecular weight excluding hydrogens is 208 g/mol. The zero-order valence-corrected chi connectivity index (χ0v) is 8.56. The van der Waals surface area contributed by atoms with E-state index >= 15 is 0 Å². The van der Waals surface area contributed by atoms with Gasteiger partial charge in [0.1, 0.15) is 6.33 Å². The van der Waals surface area contributed by atoms with Crippen molar-refractivity contribution in [1.82, 2.24) is 15.2 Å². The molecule has 3 rings (SSSR count). The van der Waals surface area contributed by atoms with Crippen molar-refractivity contribution < 1.29 is 9.59 Å². The maximum absolute atomic E-state index is 12.0. The molecule has 1 aliphatic carbocycles. The zero-order valence-electron chi connectivity index (χ0n) is 8.56. The number of aromatic nitrogens is 3. The summed E-state index contributed by atoms with van der Waals surface area (Å²) in [6.45, 7) is 0. The number of amides is 2. The van der Waals surface area contributed by atoms with Crippen molar-refractivity contribution in [2.45, 2.75) is 25.7 Å². The van der Waals surface area contributed by atoms with Crippen LogP contribution < -0.4 is 4.90 Å². The van der Waals surface area contributed by atoms with Gasteiger partial charge in [-0.05, 0) is 25.7 Å². The summed E-state index contributed by atoms with van der Waals surface area (Å²) < 4.78 is 0. The number of hydrogen-bond acceptors (Lipinski definition) is 4. The van der Waals surface area contributed by atoms with E-state index in [2.05, 4.69) is 15.2 Å². The van der Waals surface area contributed by atoms with E-state index in [-0.39, 0.29) is 17.8 Å². The molecule has 82 valence electrons. The summed E-state index contributed by atoms with van der Waals surface area (Å²) in [5.74, 6) is -0.266. The third-order valence-corrected chi connectivity index (χ3v) is 3.00. The summed E-state index contributed by atoms with van der Waals surface area (Å²) in [5.41, 5.74) is 1.32. The number of rotatable bonds is 1. The fourth-order valence-corrected chi connectivity index (χ4v) is 2.24. The summed E-state index contributed by atoms with van der Waals surface area (Å²) in [7, 11) is 0. The van der Waals surface area contributed by atoms with Crippen LogP contribution in [0.3, 0.4) is 0 Å². The van der Waals surface area contributed by atoms with Crippen LogP contribution in [0, 0.1) is 0 Å². The minimum atomic E-state index is -0.239. The number of hydrogen-bond donors (Lipinski definition) is 1. The van der Waals surface area contributed by atoms with Gasteiger partial charge in [-0.15, -0.1) is 0 Å². The van der Waals surface area contributed by atoms with Crippen LogP contribution in [0.1, 0.15) is 25.7 Å². The highest BCUT2D eigenvalue weighted by molar-refractivity contribution is 6.32. The molecule has 1 aromatic rings. The van der Waals surface area contributed by atoms with Gasteiger partial charge in [-0.3, -0.25) is 9.59 Å². The van der Waals surface area contributed by atoms with Crippen molar-refractivity contribution in [2.75, 3.05) is 4.90 Å². The zero-order chi connectivity index (χ0) is 11.1. The van der Waals surface area contributed by atoms with E-state index in [0.29, 0.717) is 24.0 Å². The van der Waals surface area contributed by atoms with Gasteiger partial charge in [0.05, 0.1) is 0 Å². The normalized spacial score (nSPS) is 20.6. The Balaban J connectivity index is 2.02. The third-order valence-electron chi connectivity index (χ3n) is 3.00. The first-order chi connectivity index (χ1) is 7.79. The van der Waals surface area contributed by atoms with Crippen LogP contribution in [-0.2, 0) is 9.59 Å².